The summed E-state index contributed by atoms with van der Waals surface area (Å²) in [5, 5.41) is 6.15. The molecule has 2 aliphatic heterocycles. The van der Waals surface area contributed by atoms with Crippen LogP contribution in [0.3, 0.4) is 0 Å². The molecule has 2 aromatic heterocycles. The molecule has 2 aliphatic rings. The van der Waals surface area contributed by atoms with Gasteiger partial charge in [-0.3, -0.25) is 14.7 Å². The van der Waals surface area contributed by atoms with Crippen LogP contribution in [0.15, 0.2) is 29.9 Å². The summed E-state index contributed by atoms with van der Waals surface area (Å²) in [6.45, 7) is 5.11. The molecule has 3 atom stereocenters. The maximum absolute atomic E-state index is 12.6. The largest absolute Gasteiger partial charge is 0.376 e. The summed E-state index contributed by atoms with van der Waals surface area (Å²) < 4.78 is 5.89. The highest BCUT2D eigenvalue weighted by Gasteiger charge is 2.46. The standard InChI is InChI=1S/C17H20N4O2S/c1-11-19-13(10-24-11)6-21-7-14-15(9-23-16(14)8-21)17(22)20-12-3-2-4-18-5-12/h2-5,10,14-16H,6-9H2,1H3,(H,20,22)/t14-,15+,16-/m0/s1. The van der Waals surface area contributed by atoms with Gasteiger partial charge in [0.25, 0.3) is 0 Å². The van der Waals surface area contributed by atoms with E-state index < -0.39 is 0 Å². The molecule has 1 amide bonds. The Kier molecular flexibility index (Phi) is 4.30. The van der Waals surface area contributed by atoms with E-state index >= 15 is 0 Å². The molecule has 0 radical (unpaired) electrons. The fourth-order valence-corrected chi connectivity index (χ4v) is 4.18. The third-order valence-electron chi connectivity index (χ3n) is 4.71. The summed E-state index contributed by atoms with van der Waals surface area (Å²) in [6.07, 6.45) is 3.50. The lowest BCUT2D eigenvalue weighted by molar-refractivity contribution is -0.120. The molecule has 2 aromatic rings. The SMILES string of the molecule is Cc1nc(CN2C[C@@H]3[C@H](C2)OC[C@H]3C(=O)Nc2cccnc2)cs1. The number of rotatable bonds is 4. The van der Waals surface area contributed by atoms with Gasteiger partial charge in [0.15, 0.2) is 0 Å². The van der Waals surface area contributed by atoms with Crippen LogP contribution in [-0.4, -0.2) is 46.6 Å². The minimum Gasteiger partial charge on any atom is -0.376 e. The van der Waals surface area contributed by atoms with Gasteiger partial charge in [-0.15, -0.1) is 11.3 Å². The molecule has 126 valence electrons. The van der Waals surface area contributed by atoms with E-state index in [0.29, 0.717) is 6.61 Å². The summed E-state index contributed by atoms with van der Waals surface area (Å²) in [5.74, 6) is 0.181. The second kappa shape index (κ2) is 6.58. The third-order valence-corrected chi connectivity index (χ3v) is 5.53. The normalized spacial score (nSPS) is 26.5. The lowest BCUT2D eigenvalue weighted by atomic mass is 9.92. The van der Waals surface area contributed by atoms with E-state index in [1.807, 2.05) is 19.1 Å². The van der Waals surface area contributed by atoms with Gasteiger partial charge in [0.2, 0.25) is 5.91 Å². The first-order valence-corrected chi connectivity index (χ1v) is 9.03. The van der Waals surface area contributed by atoms with Crippen LogP contribution in [0.2, 0.25) is 0 Å². The van der Waals surface area contributed by atoms with Gasteiger partial charge in [0.1, 0.15) is 0 Å². The first kappa shape index (κ1) is 15.7. The van der Waals surface area contributed by atoms with Gasteiger partial charge in [-0.1, -0.05) is 0 Å². The van der Waals surface area contributed by atoms with E-state index in [-0.39, 0.29) is 23.8 Å². The highest BCUT2D eigenvalue weighted by molar-refractivity contribution is 7.09. The van der Waals surface area contributed by atoms with Crippen LogP contribution in [0.5, 0.6) is 0 Å². The number of carbonyl (C=O) groups is 1. The van der Waals surface area contributed by atoms with E-state index in [2.05, 4.69) is 25.6 Å². The number of pyridine rings is 1. The monoisotopic (exact) mass is 344 g/mol. The number of fused-ring (bicyclic) bond motifs is 1. The number of anilines is 1. The lowest BCUT2D eigenvalue weighted by Crippen LogP contribution is -2.31. The molecule has 4 heterocycles. The Hall–Kier alpha value is -1.83. The number of nitrogens with one attached hydrogen (secondary N) is 1. The number of nitrogens with zero attached hydrogens (tertiary/aromatic N) is 3. The highest BCUT2D eigenvalue weighted by atomic mass is 32.1. The van der Waals surface area contributed by atoms with E-state index in [1.165, 1.54) is 0 Å². The van der Waals surface area contributed by atoms with Crippen LogP contribution in [0.4, 0.5) is 5.69 Å². The molecule has 0 unspecified atom stereocenters. The average Bonchev–Trinajstić information content (AvgIpc) is 3.24. The average molecular weight is 344 g/mol. The van der Waals surface area contributed by atoms with Crippen LogP contribution in [0.25, 0.3) is 0 Å². The maximum atomic E-state index is 12.6. The molecule has 24 heavy (non-hydrogen) atoms. The van der Waals surface area contributed by atoms with E-state index in [4.69, 9.17) is 4.74 Å². The molecule has 1 N–H and O–H groups in total. The fraction of sp³-hybridized carbons (Fsp3) is 0.471. The summed E-state index contributed by atoms with van der Waals surface area (Å²) in [5.41, 5.74) is 1.84. The van der Waals surface area contributed by atoms with Crippen molar-refractivity contribution in [2.45, 2.75) is 19.6 Å². The van der Waals surface area contributed by atoms with E-state index in [1.54, 1.807) is 23.7 Å². The molecule has 0 saturated carbocycles. The van der Waals surface area contributed by atoms with Crippen molar-refractivity contribution < 1.29 is 9.53 Å². The van der Waals surface area contributed by atoms with Crippen LogP contribution >= 0.6 is 11.3 Å². The molecular formula is C17H20N4O2S. The summed E-state index contributed by atoms with van der Waals surface area (Å²) >= 11 is 1.68. The molecule has 0 aliphatic carbocycles. The van der Waals surface area contributed by atoms with E-state index in [0.717, 1.165) is 36.0 Å². The lowest BCUT2D eigenvalue weighted by Gasteiger charge is -2.18. The van der Waals surface area contributed by atoms with Crippen molar-refractivity contribution in [2.24, 2.45) is 11.8 Å². The molecule has 0 aromatic carbocycles. The first-order valence-electron chi connectivity index (χ1n) is 8.15. The van der Waals surface area contributed by atoms with Gasteiger partial charge >= 0.3 is 0 Å². The van der Waals surface area contributed by atoms with Crippen molar-refractivity contribution >= 4 is 22.9 Å². The Labute approximate surface area is 144 Å². The Morgan fingerprint density at radius 3 is 3.17 bits per heavy atom. The van der Waals surface area contributed by atoms with E-state index in [9.17, 15) is 4.79 Å². The predicted octanol–water partition coefficient (Wildman–Crippen LogP) is 1.93. The Morgan fingerprint density at radius 1 is 1.50 bits per heavy atom. The molecule has 0 bridgehead atoms. The number of aryl methyl sites for hydroxylation is 1. The van der Waals surface area contributed by atoms with Crippen LogP contribution in [0, 0.1) is 18.8 Å². The van der Waals surface area contributed by atoms with Crippen molar-refractivity contribution in [3.8, 4) is 0 Å². The zero-order valence-corrected chi connectivity index (χ0v) is 14.3. The minimum atomic E-state index is -0.0997. The Balaban J connectivity index is 1.38. The topological polar surface area (TPSA) is 67.4 Å². The summed E-state index contributed by atoms with van der Waals surface area (Å²) in [4.78, 5) is 23.5. The third kappa shape index (κ3) is 3.19. The molecular weight excluding hydrogens is 324 g/mol. The Bertz CT molecular complexity index is 720. The van der Waals surface area contributed by atoms with Gasteiger partial charge in [-0.25, -0.2) is 4.98 Å². The number of aromatic nitrogens is 2. The zero-order valence-electron chi connectivity index (χ0n) is 13.5. The fourth-order valence-electron chi connectivity index (χ4n) is 3.57. The molecule has 7 heteroatoms. The summed E-state index contributed by atoms with van der Waals surface area (Å²) in [7, 11) is 0. The van der Waals surface area contributed by atoms with Crippen molar-refractivity contribution in [3.63, 3.8) is 0 Å². The van der Waals surface area contributed by atoms with Crippen molar-refractivity contribution in [2.75, 3.05) is 25.0 Å². The number of hydrogen-bond donors (Lipinski definition) is 1. The maximum Gasteiger partial charge on any atom is 0.230 e. The predicted molar refractivity (Wildman–Crippen MR) is 91.7 cm³/mol. The summed E-state index contributed by atoms with van der Waals surface area (Å²) in [6, 6.07) is 3.67. The van der Waals surface area contributed by atoms with Crippen LogP contribution in [-0.2, 0) is 16.1 Å². The van der Waals surface area contributed by atoms with Gasteiger partial charge in [-0.05, 0) is 19.1 Å². The second-order valence-corrected chi connectivity index (χ2v) is 7.49. The van der Waals surface area contributed by atoms with Crippen molar-refractivity contribution in [1.82, 2.24) is 14.9 Å². The quantitative estimate of drug-likeness (QED) is 0.918. The number of likely N-dealkylation sites (tertiary alicyclic amines) is 1. The van der Waals surface area contributed by atoms with Crippen molar-refractivity contribution in [1.29, 1.82) is 0 Å². The van der Waals surface area contributed by atoms with Gasteiger partial charge in [0.05, 0.1) is 41.2 Å². The number of amides is 1. The highest BCUT2D eigenvalue weighted by Crippen LogP contribution is 2.35. The number of carbonyl (C=O) groups excluding carboxylic acids is 1. The zero-order chi connectivity index (χ0) is 16.5. The smallest absolute Gasteiger partial charge is 0.230 e. The van der Waals surface area contributed by atoms with Gasteiger partial charge in [0, 0.05) is 37.1 Å². The van der Waals surface area contributed by atoms with Gasteiger partial charge in [-0.2, -0.15) is 0 Å². The second-order valence-electron chi connectivity index (χ2n) is 6.43. The molecule has 2 saturated heterocycles. The molecule has 0 spiro atoms. The van der Waals surface area contributed by atoms with Crippen LogP contribution in [0.1, 0.15) is 10.7 Å². The van der Waals surface area contributed by atoms with Gasteiger partial charge < -0.3 is 10.1 Å². The molecule has 6 nitrogen and oxygen atoms in total. The number of ether oxygens (including phenoxy) is 1. The first-order chi connectivity index (χ1) is 11.7. The van der Waals surface area contributed by atoms with Crippen molar-refractivity contribution in [3.05, 3.63) is 40.6 Å². The van der Waals surface area contributed by atoms with Crippen LogP contribution < -0.4 is 5.32 Å². The minimum absolute atomic E-state index is 0.0295. The number of hydrogen-bond acceptors (Lipinski definition) is 6. The molecule has 2 fully saturated rings. The molecule has 4 rings (SSSR count). The Morgan fingerprint density at radius 2 is 2.42 bits per heavy atom. The number of thiazole rings is 1.